The molecular formula is C26H35N3O2. The van der Waals surface area contributed by atoms with Crippen molar-refractivity contribution in [3.05, 3.63) is 71.8 Å². The van der Waals surface area contributed by atoms with E-state index in [2.05, 4.69) is 98.2 Å². The Kier molecular flexibility index (Phi) is 6.09. The normalized spacial score (nSPS) is 23.7. The van der Waals surface area contributed by atoms with E-state index in [1.54, 1.807) is 4.90 Å². The molecule has 5 heteroatoms. The summed E-state index contributed by atoms with van der Waals surface area (Å²) in [5, 5.41) is 9.75. The summed E-state index contributed by atoms with van der Waals surface area (Å²) in [5.74, 6) is 0. The van der Waals surface area contributed by atoms with Gasteiger partial charge in [0.15, 0.2) is 0 Å². The Morgan fingerprint density at radius 3 is 1.90 bits per heavy atom. The Hall–Kier alpha value is -2.37. The molecule has 2 aliphatic heterocycles. The first-order valence-corrected chi connectivity index (χ1v) is 11.4. The van der Waals surface area contributed by atoms with Gasteiger partial charge in [0, 0.05) is 38.3 Å². The minimum atomic E-state index is -0.796. The molecular weight excluding hydrogens is 386 g/mol. The van der Waals surface area contributed by atoms with Crippen molar-refractivity contribution in [2.75, 3.05) is 26.2 Å². The van der Waals surface area contributed by atoms with Crippen LogP contribution in [0.3, 0.4) is 0 Å². The van der Waals surface area contributed by atoms with Gasteiger partial charge in [0.25, 0.3) is 0 Å². The highest BCUT2D eigenvalue weighted by molar-refractivity contribution is 5.66. The van der Waals surface area contributed by atoms with Gasteiger partial charge < -0.3 is 10.0 Å². The summed E-state index contributed by atoms with van der Waals surface area (Å²) in [4.78, 5) is 18.6. The van der Waals surface area contributed by atoms with Gasteiger partial charge >= 0.3 is 6.09 Å². The molecule has 166 valence electrons. The van der Waals surface area contributed by atoms with Crippen LogP contribution in [0.1, 0.15) is 44.9 Å². The van der Waals surface area contributed by atoms with Crippen LogP contribution in [-0.2, 0) is 0 Å². The number of rotatable bonds is 4. The Morgan fingerprint density at radius 2 is 1.45 bits per heavy atom. The van der Waals surface area contributed by atoms with E-state index < -0.39 is 6.09 Å². The van der Waals surface area contributed by atoms with Crippen molar-refractivity contribution < 1.29 is 9.90 Å². The van der Waals surface area contributed by atoms with Crippen LogP contribution in [0.2, 0.25) is 0 Å². The van der Waals surface area contributed by atoms with Gasteiger partial charge in [0.1, 0.15) is 0 Å². The summed E-state index contributed by atoms with van der Waals surface area (Å²) in [7, 11) is 0. The van der Waals surface area contributed by atoms with Crippen LogP contribution in [0.5, 0.6) is 0 Å². The highest BCUT2D eigenvalue weighted by Crippen LogP contribution is 2.37. The van der Waals surface area contributed by atoms with Crippen LogP contribution in [0, 0.1) is 5.41 Å². The number of likely N-dealkylation sites (tertiary alicyclic amines) is 1. The Balaban J connectivity index is 1.51. The maximum Gasteiger partial charge on any atom is 0.407 e. The zero-order valence-corrected chi connectivity index (χ0v) is 19.1. The Bertz CT molecular complexity index is 835. The van der Waals surface area contributed by atoms with Crippen molar-refractivity contribution in [2.24, 2.45) is 5.41 Å². The fraction of sp³-hybridized carbons (Fsp3) is 0.500. The highest BCUT2D eigenvalue weighted by atomic mass is 16.4. The van der Waals surface area contributed by atoms with Gasteiger partial charge in [-0.05, 0) is 23.5 Å². The maximum absolute atomic E-state index is 11.9. The van der Waals surface area contributed by atoms with Crippen molar-refractivity contribution in [3.8, 4) is 0 Å². The van der Waals surface area contributed by atoms with Crippen LogP contribution in [0.25, 0.3) is 0 Å². The third-order valence-electron chi connectivity index (χ3n) is 7.00. The number of hydrogen-bond acceptors (Lipinski definition) is 3. The molecule has 2 fully saturated rings. The first kappa shape index (κ1) is 21.8. The van der Waals surface area contributed by atoms with Gasteiger partial charge in [-0.25, -0.2) is 4.79 Å². The summed E-state index contributed by atoms with van der Waals surface area (Å²) < 4.78 is 0. The van der Waals surface area contributed by atoms with Crippen molar-refractivity contribution in [2.45, 2.75) is 51.9 Å². The van der Waals surface area contributed by atoms with Gasteiger partial charge in [-0.3, -0.25) is 9.80 Å². The quantitative estimate of drug-likeness (QED) is 0.786. The van der Waals surface area contributed by atoms with Crippen molar-refractivity contribution in [3.63, 3.8) is 0 Å². The second-order valence-corrected chi connectivity index (χ2v) is 10.1. The lowest BCUT2D eigenvalue weighted by Crippen LogP contribution is -2.70. The van der Waals surface area contributed by atoms with E-state index in [0.29, 0.717) is 12.6 Å². The molecule has 0 spiro atoms. The van der Waals surface area contributed by atoms with Crippen LogP contribution in [0.4, 0.5) is 4.79 Å². The van der Waals surface area contributed by atoms with Gasteiger partial charge in [0.05, 0.1) is 12.1 Å². The minimum Gasteiger partial charge on any atom is -0.465 e. The standard InChI is InChI=1S/C26H35N3O2/c1-19-24(26(2,3)4)29(25(30)31)16-15-28(19)22-17-27(18-22)23(20-11-7-5-8-12-20)21-13-9-6-10-14-21/h5-14,19,22-24H,15-18H2,1-4H3,(H,30,31)/t19-,24?/m0/s1. The number of amides is 1. The lowest BCUT2D eigenvalue weighted by molar-refractivity contribution is -0.0738. The summed E-state index contributed by atoms with van der Waals surface area (Å²) in [6.45, 7) is 12.1. The third-order valence-corrected chi connectivity index (χ3v) is 7.00. The lowest BCUT2D eigenvalue weighted by Gasteiger charge is -2.57. The van der Waals surface area contributed by atoms with Crippen LogP contribution >= 0.6 is 0 Å². The molecule has 2 heterocycles. The highest BCUT2D eigenvalue weighted by Gasteiger charge is 2.47. The Labute approximate surface area is 186 Å². The van der Waals surface area contributed by atoms with Crippen molar-refractivity contribution >= 4 is 6.09 Å². The summed E-state index contributed by atoms with van der Waals surface area (Å²) >= 11 is 0. The zero-order valence-electron chi connectivity index (χ0n) is 19.1. The lowest BCUT2D eigenvalue weighted by atomic mass is 9.79. The molecule has 31 heavy (non-hydrogen) atoms. The Morgan fingerprint density at radius 1 is 0.935 bits per heavy atom. The van der Waals surface area contributed by atoms with E-state index in [4.69, 9.17) is 0 Å². The third kappa shape index (κ3) is 4.35. The molecule has 1 amide bonds. The number of carbonyl (C=O) groups is 1. The van der Waals surface area contributed by atoms with Crippen molar-refractivity contribution in [1.29, 1.82) is 0 Å². The predicted molar refractivity (Wildman–Crippen MR) is 124 cm³/mol. The van der Waals surface area contributed by atoms with E-state index in [9.17, 15) is 9.90 Å². The van der Waals surface area contributed by atoms with Gasteiger partial charge in [-0.1, -0.05) is 81.4 Å². The van der Waals surface area contributed by atoms with Crippen LogP contribution in [0.15, 0.2) is 60.7 Å². The fourth-order valence-corrected chi connectivity index (χ4v) is 5.72. The van der Waals surface area contributed by atoms with Crippen molar-refractivity contribution in [1.82, 2.24) is 14.7 Å². The maximum atomic E-state index is 11.9. The molecule has 0 bridgehead atoms. The van der Waals surface area contributed by atoms with Crippen LogP contribution < -0.4 is 0 Å². The summed E-state index contributed by atoms with van der Waals surface area (Å²) in [6, 6.07) is 22.4. The fourth-order valence-electron chi connectivity index (χ4n) is 5.72. The average Bonchev–Trinajstić information content (AvgIpc) is 2.71. The topological polar surface area (TPSA) is 47.0 Å². The van der Waals surface area contributed by atoms with Gasteiger partial charge in [0.2, 0.25) is 0 Å². The molecule has 2 saturated heterocycles. The van der Waals surface area contributed by atoms with E-state index in [0.717, 1.165) is 19.6 Å². The zero-order chi connectivity index (χ0) is 22.2. The molecule has 5 nitrogen and oxygen atoms in total. The van der Waals surface area contributed by atoms with E-state index >= 15 is 0 Å². The molecule has 2 aliphatic rings. The molecule has 0 radical (unpaired) electrons. The molecule has 1 N–H and O–H groups in total. The number of piperazine rings is 1. The predicted octanol–water partition coefficient (Wildman–Crippen LogP) is 4.56. The molecule has 2 atom stereocenters. The smallest absolute Gasteiger partial charge is 0.407 e. The van der Waals surface area contributed by atoms with Crippen LogP contribution in [-0.4, -0.2) is 70.2 Å². The van der Waals surface area contributed by atoms with Gasteiger partial charge in [-0.2, -0.15) is 0 Å². The number of benzene rings is 2. The monoisotopic (exact) mass is 421 g/mol. The second-order valence-electron chi connectivity index (χ2n) is 10.1. The molecule has 1 unspecified atom stereocenters. The molecule has 4 rings (SSSR count). The summed E-state index contributed by atoms with van der Waals surface area (Å²) in [5.41, 5.74) is 2.54. The van der Waals surface area contributed by atoms with Gasteiger partial charge in [-0.15, -0.1) is 0 Å². The summed E-state index contributed by atoms with van der Waals surface area (Å²) in [6.07, 6.45) is -0.796. The molecule has 0 saturated carbocycles. The number of carboxylic acid groups (broad SMARTS) is 1. The first-order valence-electron chi connectivity index (χ1n) is 11.4. The molecule has 2 aromatic carbocycles. The molecule has 0 aliphatic carbocycles. The van der Waals surface area contributed by atoms with E-state index in [-0.39, 0.29) is 23.5 Å². The minimum absolute atomic E-state index is 0.00755. The number of hydrogen-bond donors (Lipinski definition) is 1. The molecule has 2 aromatic rings. The second kappa shape index (κ2) is 8.64. The first-order chi connectivity index (χ1) is 14.8. The average molecular weight is 422 g/mol. The molecule has 0 aromatic heterocycles. The SMILES string of the molecule is C[C@H]1C(C(C)(C)C)N(C(=O)O)CCN1C1CN(C(c2ccccc2)c2ccccc2)C1. The van der Waals surface area contributed by atoms with E-state index in [1.807, 2.05) is 0 Å². The van der Waals surface area contributed by atoms with E-state index in [1.165, 1.54) is 11.1 Å². The number of nitrogens with zero attached hydrogens (tertiary/aromatic N) is 3. The largest absolute Gasteiger partial charge is 0.465 e.